The highest BCUT2D eigenvalue weighted by atomic mass is 16.5. The number of rotatable bonds is 6. The molecule has 0 aliphatic heterocycles. The third-order valence-electron chi connectivity index (χ3n) is 3.38. The van der Waals surface area contributed by atoms with Gasteiger partial charge >= 0.3 is 0 Å². The van der Waals surface area contributed by atoms with Crippen LogP contribution in [0, 0.1) is 0 Å². The second kappa shape index (κ2) is 6.92. The molecule has 0 saturated carbocycles. The highest BCUT2D eigenvalue weighted by Crippen LogP contribution is 2.15. The van der Waals surface area contributed by atoms with E-state index in [1.54, 1.807) is 6.08 Å². The van der Waals surface area contributed by atoms with Crippen molar-refractivity contribution in [3.05, 3.63) is 66.0 Å². The van der Waals surface area contributed by atoms with Gasteiger partial charge in [-0.1, -0.05) is 37.3 Å². The molecular formula is C19H18N2O2. The Morgan fingerprint density at radius 1 is 1.22 bits per heavy atom. The topological polar surface area (TPSA) is 55.0 Å². The average Bonchev–Trinajstić information content (AvgIpc) is 3.02. The highest BCUT2D eigenvalue weighted by molar-refractivity contribution is 6.05. The number of ether oxygens (including phenoxy) is 1. The number of nitrogens with one attached hydrogen (secondary N) is 1. The predicted octanol–water partition coefficient (Wildman–Crippen LogP) is 4.25. The zero-order valence-corrected chi connectivity index (χ0v) is 13.0. The van der Waals surface area contributed by atoms with Crippen LogP contribution in [0.2, 0.25) is 0 Å². The number of fused-ring (bicyclic) bond motifs is 1. The standard InChI is InChI=1S/C19H18N2O2/c1-2-12-23-15-7-5-6-14(13-15)10-11-18(22)19-20-16-8-3-4-9-17(16)21-19/h3-11,13H,2,12H2,1H3,(H,20,21)/b11-10+. The van der Waals surface area contributed by atoms with Crippen molar-refractivity contribution >= 4 is 22.9 Å². The fourth-order valence-corrected chi connectivity index (χ4v) is 2.25. The molecule has 23 heavy (non-hydrogen) atoms. The van der Waals surface area contributed by atoms with E-state index in [9.17, 15) is 4.79 Å². The van der Waals surface area contributed by atoms with E-state index in [0.717, 1.165) is 28.8 Å². The molecule has 0 unspecified atom stereocenters. The Hall–Kier alpha value is -2.88. The predicted molar refractivity (Wildman–Crippen MR) is 91.7 cm³/mol. The molecule has 0 atom stereocenters. The van der Waals surface area contributed by atoms with Crippen molar-refractivity contribution in [1.82, 2.24) is 9.97 Å². The number of imidazole rings is 1. The molecule has 0 radical (unpaired) electrons. The van der Waals surface area contributed by atoms with Gasteiger partial charge in [0.05, 0.1) is 17.6 Å². The summed E-state index contributed by atoms with van der Waals surface area (Å²) in [4.78, 5) is 19.6. The van der Waals surface area contributed by atoms with Crippen molar-refractivity contribution in [2.75, 3.05) is 6.61 Å². The summed E-state index contributed by atoms with van der Waals surface area (Å²) >= 11 is 0. The Bertz CT molecular complexity index is 816. The minimum absolute atomic E-state index is 0.152. The lowest BCUT2D eigenvalue weighted by Gasteiger charge is -2.04. The summed E-state index contributed by atoms with van der Waals surface area (Å²) in [5, 5.41) is 0. The van der Waals surface area contributed by atoms with Crippen molar-refractivity contribution in [3.63, 3.8) is 0 Å². The van der Waals surface area contributed by atoms with Crippen LogP contribution >= 0.6 is 0 Å². The van der Waals surface area contributed by atoms with Crippen LogP contribution in [-0.2, 0) is 0 Å². The van der Waals surface area contributed by atoms with E-state index in [-0.39, 0.29) is 5.78 Å². The molecule has 0 bridgehead atoms. The quantitative estimate of drug-likeness (QED) is 0.547. The summed E-state index contributed by atoms with van der Waals surface area (Å²) in [5.74, 6) is 1.01. The Morgan fingerprint density at radius 2 is 2.09 bits per heavy atom. The summed E-state index contributed by atoms with van der Waals surface area (Å²) in [6, 6.07) is 15.3. The summed E-state index contributed by atoms with van der Waals surface area (Å²) in [5.41, 5.74) is 2.57. The smallest absolute Gasteiger partial charge is 0.221 e. The molecule has 1 aromatic heterocycles. The number of hydrogen-bond acceptors (Lipinski definition) is 3. The molecule has 4 heteroatoms. The molecule has 1 N–H and O–H groups in total. The number of para-hydroxylation sites is 2. The molecule has 0 saturated heterocycles. The maximum Gasteiger partial charge on any atom is 0.221 e. The van der Waals surface area contributed by atoms with Gasteiger partial charge in [-0.25, -0.2) is 4.98 Å². The first-order chi connectivity index (χ1) is 11.3. The number of allylic oxidation sites excluding steroid dienone is 1. The first-order valence-corrected chi connectivity index (χ1v) is 7.66. The minimum Gasteiger partial charge on any atom is -0.494 e. The molecule has 3 aromatic rings. The molecule has 1 heterocycles. The van der Waals surface area contributed by atoms with E-state index >= 15 is 0 Å². The van der Waals surface area contributed by atoms with Crippen molar-refractivity contribution in [2.45, 2.75) is 13.3 Å². The number of carbonyl (C=O) groups is 1. The first kappa shape index (κ1) is 15.0. The lowest BCUT2D eigenvalue weighted by Crippen LogP contribution is -1.97. The van der Waals surface area contributed by atoms with Crippen molar-refractivity contribution < 1.29 is 9.53 Å². The van der Waals surface area contributed by atoms with Gasteiger partial charge in [0, 0.05) is 0 Å². The number of aromatic amines is 1. The number of nitrogens with zero attached hydrogens (tertiary/aromatic N) is 1. The van der Waals surface area contributed by atoms with E-state index in [1.807, 2.05) is 48.5 Å². The number of hydrogen-bond donors (Lipinski definition) is 1. The highest BCUT2D eigenvalue weighted by Gasteiger charge is 2.07. The Labute approximate surface area is 134 Å². The molecule has 3 rings (SSSR count). The molecule has 0 fully saturated rings. The Morgan fingerprint density at radius 3 is 2.91 bits per heavy atom. The minimum atomic E-state index is -0.152. The fraction of sp³-hybridized carbons (Fsp3) is 0.158. The molecular weight excluding hydrogens is 288 g/mol. The van der Waals surface area contributed by atoms with Gasteiger partial charge in [-0.2, -0.15) is 0 Å². The van der Waals surface area contributed by atoms with E-state index in [0.29, 0.717) is 12.4 Å². The van der Waals surface area contributed by atoms with Crippen molar-refractivity contribution in [2.24, 2.45) is 0 Å². The Kier molecular flexibility index (Phi) is 4.52. The van der Waals surface area contributed by atoms with Crippen molar-refractivity contribution in [3.8, 4) is 5.75 Å². The van der Waals surface area contributed by atoms with E-state index in [2.05, 4.69) is 16.9 Å². The molecule has 0 aliphatic rings. The van der Waals surface area contributed by atoms with E-state index < -0.39 is 0 Å². The Balaban J connectivity index is 1.75. The summed E-state index contributed by atoms with van der Waals surface area (Å²) in [6.07, 6.45) is 4.26. The molecule has 0 amide bonds. The molecule has 0 aliphatic carbocycles. The van der Waals surface area contributed by atoms with Crippen LogP contribution in [0.15, 0.2) is 54.6 Å². The van der Waals surface area contributed by atoms with Gasteiger partial charge in [0.15, 0.2) is 5.82 Å². The normalized spacial score (nSPS) is 11.2. The molecule has 2 aromatic carbocycles. The number of ketones is 1. The summed E-state index contributed by atoms with van der Waals surface area (Å²) in [6.45, 7) is 2.75. The van der Waals surface area contributed by atoms with Gasteiger partial charge < -0.3 is 9.72 Å². The van der Waals surface area contributed by atoms with Crippen molar-refractivity contribution in [1.29, 1.82) is 0 Å². The second-order valence-electron chi connectivity index (χ2n) is 5.22. The summed E-state index contributed by atoms with van der Waals surface area (Å²) in [7, 11) is 0. The zero-order valence-electron chi connectivity index (χ0n) is 13.0. The van der Waals surface area contributed by atoms with E-state index in [4.69, 9.17) is 4.74 Å². The van der Waals surface area contributed by atoms with Crippen LogP contribution in [0.1, 0.15) is 29.5 Å². The van der Waals surface area contributed by atoms with Gasteiger partial charge in [0.1, 0.15) is 5.75 Å². The zero-order chi connectivity index (χ0) is 16.1. The number of benzene rings is 2. The maximum absolute atomic E-state index is 12.2. The monoisotopic (exact) mass is 306 g/mol. The van der Waals surface area contributed by atoms with Gasteiger partial charge in [-0.3, -0.25) is 4.79 Å². The van der Waals surface area contributed by atoms with Gasteiger partial charge in [0.2, 0.25) is 5.78 Å². The first-order valence-electron chi connectivity index (χ1n) is 7.66. The lowest BCUT2D eigenvalue weighted by atomic mass is 10.2. The third-order valence-corrected chi connectivity index (χ3v) is 3.38. The van der Waals surface area contributed by atoms with Crippen LogP contribution in [0.25, 0.3) is 17.1 Å². The number of carbonyl (C=O) groups excluding carboxylic acids is 1. The maximum atomic E-state index is 12.2. The van der Waals surface area contributed by atoms with Crippen LogP contribution in [0.3, 0.4) is 0 Å². The van der Waals surface area contributed by atoms with Gasteiger partial charge in [0.25, 0.3) is 0 Å². The largest absolute Gasteiger partial charge is 0.494 e. The molecule has 4 nitrogen and oxygen atoms in total. The third kappa shape index (κ3) is 3.66. The van der Waals surface area contributed by atoms with E-state index in [1.165, 1.54) is 6.08 Å². The van der Waals surface area contributed by atoms with Gasteiger partial charge in [-0.05, 0) is 42.3 Å². The lowest BCUT2D eigenvalue weighted by molar-refractivity contribution is 0.103. The number of aromatic nitrogens is 2. The van der Waals surface area contributed by atoms with Crippen LogP contribution in [0.5, 0.6) is 5.75 Å². The average molecular weight is 306 g/mol. The van der Waals surface area contributed by atoms with Crippen LogP contribution in [0.4, 0.5) is 0 Å². The van der Waals surface area contributed by atoms with Crippen LogP contribution < -0.4 is 4.74 Å². The van der Waals surface area contributed by atoms with Gasteiger partial charge in [-0.15, -0.1) is 0 Å². The SMILES string of the molecule is CCCOc1cccc(/C=C/C(=O)c2nc3ccccc3[nH]2)c1. The molecule has 116 valence electrons. The second-order valence-corrected chi connectivity index (χ2v) is 5.22. The molecule has 0 spiro atoms. The van der Waals surface area contributed by atoms with Crippen LogP contribution in [-0.4, -0.2) is 22.4 Å². The number of H-pyrrole nitrogens is 1. The fourth-order valence-electron chi connectivity index (χ4n) is 2.25. The summed E-state index contributed by atoms with van der Waals surface area (Å²) < 4.78 is 5.59.